The van der Waals surface area contributed by atoms with Crippen molar-refractivity contribution in [3.8, 4) is 11.5 Å². The molecule has 1 atom stereocenters. The van der Waals surface area contributed by atoms with Crippen molar-refractivity contribution >= 4 is 0 Å². The number of nitrogens with one attached hydrogen (secondary N) is 1. The number of benzene rings is 1. The average molecular weight is 266 g/mol. The zero-order valence-electron chi connectivity index (χ0n) is 11.4. The Balaban J connectivity index is 2.08. The maximum absolute atomic E-state index is 5.67. The van der Waals surface area contributed by atoms with Crippen LogP contribution in [0.25, 0.3) is 0 Å². The van der Waals surface area contributed by atoms with Gasteiger partial charge in [0.25, 0.3) is 0 Å². The molecule has 19 heavy (non-hydrogen) atoms. The summed E-state index contributed by atoms with van der Waals surface area (Å²) in [5.74, 6) is 7.17. The Bertz CT molecular complexity index is 398. The quantitative estimate of drug-likeness (QED) is 0.467. The monoisotopic (exact) mass is 266 g/mol. The zero-order chi connectivity index (χ0) is 13.5. The van der Waals surface area contributed by atoms with E-state index in [-0.39, 0.29) is 6.04 Å². The molecule has 1 aliphatic heterocycles. The maximum atomic E-state index is 5.67. The molecule has 1 aromatic carbocycles. The van der Waals surface area contributed by atoms with Crippen molar-refractivity contribution in [2.24, 2.45) is 5.84 Å². The number of hydrazine groups is 1. The van der Waals surface area contributed by atoms with Crippen molar-refractivity contribution in [2.75, 3.05) is 26.4 Å². The first-order valence-corrected chi connectivity index (χ1v) is 6.78. The van der Waals surface area contributed by atoms with Gasteiger partial charge in [0.1, 0.15) is 0 Å². The summed E-state index contributed by atoms with van der Waals surface area (Å²) < 4.78 is 16.8. The fourth-order valence-electron chi connectivity index (χ4n) is 1.98. The highest BCUT2D eigenvalue weighted by Gasteiger charge is 2.15. The van der Waals surface area contributed by atoms with E-state index < -0.39 is 0 Å². The largest absolute Gasteiger partial charge is 0.490 e. The van der Waals surface area contributed by atoms with Crippen LogP contribution < -0.4 is 20.7 Å². The van der Waals surface area contributed by atoms with Crippen molar-refractivity contribution in [2.45, 2.75) is 25.8 Å². The minimum absolute atomic E-state index is 0.0382. The third-order valence-corrected chi connectivity index (χ3v) is 3.01. The lowest BCUT2D eigenvalue weighted by molar-refractivity contribution is 0.112. The van der Waals surface area contributed by atoms with Crippen LogP contribution >= 0.6 is 0 Å². The van der Waals surface area contributed by atoms with Gasteiger partial charge in [-0.3, -0.25) is 11.3 Å². The van der Waals surface area contributed by atoms with Crippen LogP contribution in [0.2, 0.25) is 0 Å². The molecule has 1 heterocycles. The molecular weight excluding hydrogens is 244 g/mol. The van der Waals surface area contributed by atoms with Crippen LogP contribution in [0.4, 0.5) is 0 Å². The molecule has 0 spiro atoms. The Kier molecular flexibility index (Phi) is 5.44. The van der Waals surface area contributed by atoms with Gasteiger partial charge < -0.3 is 14.2 Å². The molecule has 0 saturated carbocycles. The van der Waals surface area contributed by atoms with Gasteiger partial charge in [0.05, 0.1) is 25.9 Å². The molecule has 0 radical (unpaired) electrons. The molecule has 0 aromatic heterocycles. The van der Waals surface area contributed by atoms with Gasteiger partial charge in [-0.15, -0.1) is 0 Å². The highest BCUT2D eigenvalue weighted by molar-refractivity contribution is 5.44. The van der Waals surface area contributed by atoms with Gasteiger partial charge in [0.2, 0.25) is 0 Å². The minimum atomic E-state index is -0.0382. The summed E-state index contributed by atoms with van der Waals surface area (Å²) in [7, 11) is 0. The predicted molar refractivity (Wildman–Crippen MR) is 73.2 cm³/mol. The van der Waals surface area contributed by atoms with E-state index in [9.17, 15) is 0 Å². The molecule has 2 rings (SSSR count). The molecule has 106 valence electrons. The molecule has 3 N–H and O–H groups in total. The third kappa shape index (κ3) is 3.83. The lowest BCUT2D eigenvalue weighted by Crippen LogP contribution is -2.31. The predicted octanol–water partition coefficient (Wildman–Crippen LogP) is 1.78. The highest BCUT2D eigenvalue weighted by atomic mass is 16.5. The van der Waals surface area contributed by atoms with E-state index in [2.05, 4.69) is 12.3 Å². The van der Waals surface area contributed by atoms with Crippen LogP contribution in [0.15, 0.2) is 18.2 Å². The average Bonchev–Trinajstić information content (AvgIpc) is 2.68. The van der Waals surface area contributed by atoms with E-state index in [0.29, 0.717) is 19.8 Å². The molecule has 0 bridgehead atoms. The topological polar surface area (TPSA) is 65.7 Å². The van der Waals surface area contributed by atoms with Gasteiger partial charge >= 0.3 is 0 Å². The van der Waals surface area contributed by atoms with E-state index in [4.69, 9.17) is 20.1 Å². The lowest BCUT2D eigenvalue weighted by atomic mass is 10.1. The molecule has 5 heteroatoms. The van der Waals surface area contributed by atoms with Crippen LogP contribution in [-0.2, 0) is 4.74 Å². The first-order chi connectivity index (χ1) is 9.35. The summed E-state index contributed by atoms with van der Waals surface area (Å²) in [6.45, 7) is 4.75. The first-order valence-electron chi connectivity index (χ1n) is 6.78. The second-order valence-corrected chi connectivity index (χ2v) is 4.55. The highest BCUT2D eigenvalue weighted by Crippen LogP contribution is 2.32. The van der Waals surface area contributed by atoms with E-state index in [1.54, 1.807) is 0 Å². The summed E-state index contributed by atoms with van der Waals surface area (Å²) in [5.41, 5.74) is 3.82. The lowest BCUT2D eigenvalue weighted by Gasteiger charge is -2.18. The van der Waals surface area contributed by atoms with E-state index >= 15 is 0 Å². The normalized spacial score (nSPS) is 15.9. The minimum Gasteiger partial charge on any atom is -0.490 e. The van der Waals surface area contributed by atoms with Crippen LogP contribution in [0.3, 0.4) is 0 Å². The second kappa shape index (κ2) is 7.33. The number of hydrogen-bond acceptors (Lipinski definition) is 5. The first kappa shape index (κ1) is 14.1. The van der Waals surface area contributed by atoms with E-state index in [1.807, 2.05) is 18.2 Å². The number of hydrogen-bond donors (Lipinski definition) is 2. The Morgan fingerprint density at radius 1 is 1.32 bits per heavy atom. The summed E-state index contributed by atoms with van der Waals surface area (Å²) in [4.78, 5) is 0. The maximum Gasteiger partial charge on any atom is 0.161 e. The van der Waals surface area contributed by atoms with Gasteiger partial charge in [-0.05, 0) is 24.1 Å². The Hall–Kier alpha value is -1.30. The summed E-state index contributed by atoms with van der Waals surface area (Å²) in [5, 5.41) is 0. The molecule has 0 saturated heterocycles. The second-order valence-electron chi connectivity index (χ2n) is 4.55. The Morgan fingerprint density at radius 2 is 2.11 bits per heavy atom. The van der Waals surface area contributed by atoms with Gasteiger partial charge in [-0.1, -0.05) is 13.0 Å². The fourth-order valence-corrected chi connectivity index (χ4v) is 1.98. The molecule has 1 unspecified atom stereocenters. The molecule has 1 aliphatic rings. The Labute approximate surface area is 114 Å². The number of nitrogens with two attached hydrogens (primary N) is 1. The smallest absolute Gasteiger partial charge is 0.161 e. The van der Waals surface area contributed by atoms with Crippen molar-refractivity contribution in [1.29, 1.82) is 0 Å². The Morgan fingerprint density at radius 3 is 2.84 bits per heavy atom. The SMILES string of the molecule is CCCOCC(NN)c1ccc2c(c1)OCCCO2. The van der Waals surface area contributed by atoms with Crippen LogP contribution in [0.5, 0.6) is 11.5 Å². The number of fused-ring (bicyclic) bond motifs is 1. The van der Waals surface area contributed by atoms with Crippen LogP contribution in [0, 0.1) is 0 Å². The molecular formula is C14H22N2O3. The van der Waals surface area contributed by atoms with Crippen molar-refractivity contribution in [3.05, 3.63) is 23.8 Å². The molecule has 0 fully saturated rings. The van der Waals surface area contributed by atoms with Gasteiger partial charge in [-0.25, -0.2) is 0 Å². The fraction of sp³-hybridized carbons (Fsp3) is 0.571. The van der Waals surface area contributed by atoms with Gasteiger partial charge in [0.15, 0.2) is 11.5 Å². The third-order valence-electron chi connectivity index (χ3n) is 3.01. The van der Waals surface area contributed by atoms with Crippen molar-refractivity contribution < 1.29 is 14.2 Å². The van der Waals surface area contributed by atoms with Gasteiger partial charge in [-0.2, -0.15) is 0 Å². The van der Waals surface area contributed by atoms with Crippen LogP contribution in [0.1, 0.15) is 31.4 Å². The van der Waals surface area contributed by atoms with Gasteiger partial charge in [0, 0.05) is 13.0 Å². The number of rotatable bonds is 6. The molecule has 1 aromatic rings. The van der Waals surface area contributed by atoms with E-state index in [1.165, 1.54) is 0 Å². The van der Waals surface area contributed by atoms with Crippen molar-refractivity contribution in [1.82, 2.24) is 5.43 Å². The van der Waals surface area contributed by atoms with Crippen molar-refractivity contribution in [3.63, 3.8) is 0 Å². The van der Waals surface area contributed by atoms with Crippen LogP contribution in [-0.4, -0.2) is 26.4 Å². The molecule has 5 nitrogen and oxygen atoms in total. The van der Waals surface area contributed by atoms with E-state index in [0.717, 1.165) is 36.5 Å². The molecule has 0 aliphatic carbocycles. The summed E-state index contributed by atoms with van der Waals surface area (Å²) in [6.07, 6.45) is 1.90. The molecule has 0 amide bonds. The zero-order valence-corrected chi connectivity index (χ0v) is 11.4. The standard InChI is InChI=1S/C14H22N2O3/c1-2-6-17-10-12(16-15)11-4-5-13-14(9-11)19-8-3-7-18-13/h4-5,9,12,16H,2-3,6-8,10,15H2,1H3. The summed E-state index contributed by atoms with van der Waals surface area (Å²) in [6, 6.07) is 5.86. The number of ether oxygens (including phenoxy) is 3. The summed E-state index contributed by atoms with van der Waals surface area (Å²) >= 11 is 0.